The molecule has 0 radical (unpaired) electrons. The van der Waals surface area contributed by atoms with Crippen molar-refractivity contribution in [1.82, 2.24) is 0 Å². The average Bonchev–Trinajstić information content (AvgIpc) is 2.10. The second-order valence-electron chi connectivity index (χ2n) is 3.89. The highest BCUT2D eigenvalue weighted by Crippen LogP contribution is 2.46. The van der Waals surface area contributed by atoms with Gasteiger partial charge in [-0.05, 0) is 31.6 Å². The molecule has 0 aromatic heterocycles. The molecule has 0 aliphatic heterocycles. The van der Waals surface area contributed by atoms with Gasteiger partial charge in [0.2, 0.25) is 0 Å². The first kappa shape index (κ1) is 7.07. The van der Waals surface area contributed by atoms with Gasteiger partial charge in [-0.25, -0.2) is 0 Å². The van der Waals surface area contributed by atoms with E-state index in [1.807, 2.05) is 6.92 Å². The zero-order chi connectivity index (χ0) is 7.07. The van der Waals surface area contributed by atoms with Gasteiger partial charge in [-0.1, -0.05) is 13.8 Å². The van der Waals surface area contributed by atoms with Crippen LogP contribution in [0.5, 0.6) is 0 Å². The van der Waals surface area contributed by atoms with Crippen LogP contribution in [0.2, 0.25) is 0 Å². The molecule has 0 aromatic carbocycles. The lowest BCUT2D eigenvalue weighted by Gasteiger charge is -2.04. The van der Waals surface area contributed by atoms with Crippen LogP contribution in [0, 0.1) is 11.8 Å². The van der Waals surface area contributed by atoms with Crippen LogP contribution in [0.15, 0.2) is 0 Å². The van der Waals surface area contributed by atoms with Gasteiger partial charge in [0.05, 0.1) is 5.60 Å². The van der Waals surface area contributed by atoms with E-state index < -0.39 is 0 Å². The molecular weight excluding hydrogens is 112 g/mol. The summed E-state index contributed by atoms with van der Waals surface area (Å²) >= 11 is 0. The summed E-state index contributed by atoms with van der Waals surface area (Å²) in [6, 6.07) is 0. The van der Waals surface area contributed by atoms with Gasteiger partial charge < -0.3 is 5.11 Å². The minimum Gasteiger partial charge on any atom is -0.390 e. The molecule has 0 heterocycles. The Balaban J connectivity index is 2.20. The van der Waals surface area contributed by atoms with Crippen LogP contribution in [-0.2, 0) is 0 Å². The van der Waals surface area contributed by atoms with Crippen LogP contribution in [0.1, 0.15) is 33.6 Å². The van der Waals surface area contributed by atoms with E-state index in [0.717, 1.165) is 12.3 Å². The fourth-order valence-corrected chi connectivity index (χ4v) is 1.35. The third-order valence-electron chi connectivity index (χ3n) is 2.13. The van der Waals surface area contributed by atoms with Crippen LogP contribution >= 0.6 is 0 Å². The van der Waals surface area contributed by atoms with Crippen molar-refractivity contribution in [3.63, 3.8) is 0 Å². The monoisotopic (exact) mass is 128 g/mol. The SMILES string of the molecule is CC(C)C[C@@H]1C[C@@]1(C)O. The topological polar surface area (TPSA) is 20.2 Å². The second-order valence-corrected chi connectivity index (χ2v) is 3.89. The molecule has 0 amide bonds. The first-order valence-corrected chi connectivity index (χ1v) is 3.75. The number of hydrogen-bond acceptors (Lipinski definition) is 1. The van der Waals surface area contributed by atoms with Gasteiger partial charge in [-0.3, -0.25) is 0 Å². The summed E-state index contributed by atoms with van der Waals surface area (Å²) in [5.41, 5.74) is -0.301. The van der Waals surface area contributed by atoms with E-state index >= 15 is 0 Å². The van der Waals surface area contributed by atoms with Gasteiger partial charge in [0.25, 0.3) is 0 Å². The molecule has 9 heavy (non-hydrogen) atoms. The molecule has 1 fully saturated rings. The second kappa shape index (κ2) is 1.98. The number of aliphatic hydroxyl groups is 1. The highest BCUT2D eigenvalue weighted by atomic mass is 16.3. The van der Waals surface area contributed by atoms with E-state index in [9.17, 15) is 5.11 Å². The quantitative estimate of drug-likeness (QED) is 0.601. The summed E-state index contributed by atoms with van der Waals surface area (Å²) in [7, 11) is 0. The molecule has 1 heteroatoms. The molecule has 0 saturated heterocycles. The Kier molecular flexibility index (Phi) is 1.55. The average molecular weight is 128 g/mol. The minimum atomic E-state index is -0.301. The summed E-state index contributed by atoms with van der Waals surface area (Å²) in [6.07, 6.45) is 2.21. The molecule has 0 spiro atoms. The lowest BCUT2D eigenvalue weighted by Crippen LogP contribution is -2.04. The first-order valence-electron chi connectivity index (χ1n) is 3.75. The summed E-state index contributed by atoms with van der Waals surface area (Å²) in [6.45, 7) is 6.34. The zero-order valence-corrected chi connectivity index (χ0v) is 6.52. The fourth-order valence-electron chi connectivity index (χ4n) is 1.35. The van der Waals surface area contributed by atoms with Crippen molar-refractivity contribution in [3.05, 3.63) is 0 Å². The van der Waals surface area contributed by atoms with E-state index in [0.29, 0.717) is 5.92 Å². The lowest BCUT2D eigenvalue weighted by atomic mass is 10.1. The molecule has 1 aliphatic rings. The Morgan fingerprint density at radius 3 is 2.22 bits per heavy atom. The minimum absolute atomic E-state index is 0.301. The van der Waals surface area contributed by atoms with Gasteiger partial charge >= 0.3 is 0 Å². The van der Waals surface area contributed by atoms with Crippen LogP contribution < -0.4 is 0 Å². The predicted octanol–water partition coefficient (Wildman–Crippen LogP) is 1.80. The van der Waals surface area contributed by atoms with Crippen molar-refractivity contribution in [1.29, 1.82) is 0 Å². The summed E-state index contributed by atoms with van der Waals surface area (Å²) in [5, 5.41) is 9.34. The maximum Gasteiger partial charge on any atom is 0.0652 e. The van der Waals surface area contributed by atoms with E-state index in [1.54, 1.807) is 0 Å². The van der Waals surface area contributed by atoms with E-state index in [1.165, 1.54) is 6.42 Å². The first-order chi connectivity index (χ1) is 4.02. The highest BCUT2D eigenvalue weighted by Gasteiger charge is 2.47. The van der Waals surface area contributed by atoms with Crippen LogP contribution in [0.4, 0.5) is 0 Å². The largest absolute Gasteiger partial charge is 0.390 e. The zero-order valence-electron chi connectivity index (χ0n) is 6.52. The van der Waals surface area contributed by atoms with Gasteiger partial charge in [-0.15, -0.1) is 0 Å². The van der Waals surface area contributed by atoms with Crippen LogP contribution in [-0.4, -0.2) is 10.7 Å². The van der Waals surface area contributed by atoms with E-state index in [-0.39, 0.29) is 5.60 Å². The Morgan fingerprint density at radius 1 is 1.67 bits per heavy atom. The molecule has 54 valence electrons. The molecule has 0 aromatic rings. The molecule has 1 saturated carbocycles. The molecule has 0 bridgehead atoms. The third kappa shape index (κ3) is 1.68. The van der Waals surface area contributed by atoms with Crippen LogP contribution in [0.3, 0.4) is 0 Å². The molecular formula is C8H16O. The molecule has 2 atom stereocenters. The number of rotatable bonds is 2. The maximum atomic E-state index is 9.34. The Hall–Kier alpha value is -0.0400. The van der Waals surface area contributed by atoms with Gasteiger partial charge in [0.1, 0.15) is 0 Å². The smallest absolute Gasteiger partial charge is 0.0652 e. The van der Waals surface area contributed by atoms with Crippen molar-refractivity contribution < 1.29 is 5.11 Å². The molecule has 1 N–H and O–H groups in total. The van der Waals surface area contributed by atoms with E-state index in [2.05, 4.69) is 13.8 Å². The van der Waals surface area contributed by atoms with Crippen molar-refractivity contribution in [3.8, 4) is 0 Å². The standard InChI is InChI=1S/C8H16O/c1-6(2)4-7-5-8(7,3)9/h6-7,9H,4-5H2,1-3H3/t7-,8-/m1/s1. The van der Waals surface area contributed by atoms with Gasteiger partial charge in [0.15, 0.2) is 0 Å². The normalized spacial score (nSPS) is 41.7. The predicted molar refractivity (Wildman–Crippen MR) is 38.2 cm³/mol. The summed E-state index contributed by atoms with van der Waals surface area (Å²) in [4.78, 5) is 0. The van der Waals surface area contributed by atoms with Gasteiger partial charge in [0, 0.05) is 0 Å². The maximum absolute atomic E-state index is 9.34. The Morgan fingerprint density at radius 2 is 2.11 bits per heavy atom. The molecule has 1 nitrogen and oxygen atoms in total. The van der Waals surface area contributed by atoms with E-state index in [4.69, 9.17) is 0 Å². The summed E-state index contributed by atoms with van der Waals surface area (Å²) in [5.74, 6) is 1.33. The summed E-state index contributed by atoms with van der Waals surface area (Å²) < 4.78 is 0. The highest BCUT2D eigenvalue weighted by molar-refractivity contribution is 4.99. The van der Waals surface area contributed by atoms with Crippen molar-refractivity contribution in [2.75, 3.05) is 0 Å². The molecule has 0 unspecified atom stereocenters. The van der Waals surface area contributed by atoms with Crippen molar-refractivity contribution >= 4 is 0 Å². The Bertz CT molecular complexity index is 105. The fraction of sp³-hybridized carbons (Fsp3) is 1.00. The van der Waals surface area contributed by atoms with Crippen molar-refractivity contribution in [2.45, 2.75) is 39.2 Å². The number of hydrogen-bond donors (Lipinski definition) is 1. The van der Waals surface area contributed by atoms with Gasteiger partial charge in [-0.2, -0.15) is 0 Å². The molecule has 1 rings (SSSR count). The lowest BCUT2D eigenvalue weighted by molar-refractivity contribution is 0.146. The Labute approximate surface area is 57.1 Å². The van der Waals surface area contributed by atoms with Crippen LogP contribution in [0.25, 0.3) is 0 Å². The third-order valence-corrected chi connectivity index (χ3v) is 2.13. The van der Waals surface area contributed by atoms with Crippen molar-refractivity contribution in [2.24, 2.45) is 11.8 Å². The molecule has 1 aliphatic carbocycles.